The van der Waals surface area contributed by atoms with Gasteiger partial charge in [-0.15, -0.1) is 11.8 Å². The largest absolute Gasteiger partial charge is 0.466 e. The molecule has 0 aromatic carbocycles. The van der Waals surface area contributed by atoms with E-state index in [1.54, 1.807) is 0 Å². The van der Waals surface area contributed by atoms with Gasteiger partial charge in [0.15, 0.2) is 0 Å². The fraction of sp³-hybridized carbons (Fsp3) is 0.769. The maximum Gasteiger partial charge on any atom is 0.302 e. The van der Waals surface area contributed by atoms with Crippen LogP contribution >= 0.6 is 0 Å². The lowest BCUT2D eigenvalue weighted by molar-refractivity contribution is -0.141. The smallest absolute Gasteiger partial charge is 0.302 e. The summed E-state index contributed by atoms with van der Waals surface area (Å²) in [4.78, 5) is 10.8. The van der Waals surface area contributed by atoms with Crippen LogP contribution in [0.4, 0.5) is 0 Å². The Morgan fingerprint density at radius 2 is 2.20 bits per heavy atom. The highest BCUT2D eigenvalue weighted by Gasteiger charge is 2.59. The van der Waals surface area contributed by atoms with E-state index in [0.717, 1.165) is 25.2 Å². The molecule has 3 atom stereocenters. The van der Waals surface area contributed by atoms with Crippen molar-refractivity contribution < 1.29 is 9.53 Å². The van der Waals surface area contributed by atoms with Crippen molar-refractivity contribution in [3.05, 3.63) is 0 Å². The quantitative estimate of drug-likeness (QED) is 0.512. The summed E-state index contributed by atoms with van der Waals surface area (Å²) in [6.07, 6.45) is 4.35. The number of hydrogen-bond acceptors (Lipinski definition) is 2. The van der Waals surface area contributed by atoms with Crippen LogP contribution in [0.5, 0.6) is 0 Å². The van der Waals surface area contributed by atoms with Gasteiger partial charge in [-0.25, -0.2) is 0 Å². The van der Waals surface area contributed by atoms with E-state index in [4.69, 9.17) is 4.74 Å². The summed E-state index contributed by atoms with van der Waals surface area (Å²) in [6, 6.07) is 0. The molecule has 2 aliphatic rings. The molecular weight excluding hydrogens is 188 g/mol. The first-order chi connectivity index (χ1) is 7.14. The second-order valence-electron chi connectivity index (χ2n) is 4.91. The van der Waals surface area contributed by atoms with E-state index in [0.29, 0.717) is 17.9 Å². The molecule has 0 aromatic heterocycles. The molecule has 0 unspecified atom stereocenters. The van der Waals surface area contributed by atoms with E-state index in [-0.39, 0.29) is 5.97 Å². The minimum Gasteiger partial charge on any atom is -0.466 e. The number of ether oxygens (including phenoxy) is 1. The summed E-state index contributed by atoms with van der Waals surface area (Å²) in [6.45, 7) is 4.41. The predicted octanol–water partition coefficient (Wildman–Crippen LogP) is 2.38. The minimum atomic E-state index is -0.158. The van der Waals surface area contributed by atoms with Crippen LogP contribution in [0, 0.1) is 29.1 Å². The van der Waals surface area contributed by atoms with Crippen molar-refractivity contribution >= 4 is 5.97 Å². The molecule has 0 bridgehead atoms. The molecule has 82 valence electrons. The van der Waals surface area contributed by atoms with E-state index in [9.17, 15) is 4.79 Å². The highest BCUT2D eigenvalue weighted by Crippen LogP contribution is 2.63. The molecule has 2 heteroatoms. The van der Waals surface area contributed by atoms with Crippen molar-refractivity contribution in [1.82, 2.24) is 0 Å². The molecule has 2 aliphatic carbocycles. The van der Waals surface area contributed by atoms with E-state index >= 15 is 0 Å². The average Bonchev–Trinajstić information content (AvgIpc) is 2.67. The maximum atomic E-state index is 10.8. The Labute approximate surface area is 91.4 Å². The first-order valence-electron chi connectivity index (χ1n) is 5.73. The lowest BCUT2D eigenvalue weighted by Gasteiger charge is -2.10. The first kappa shape index (κ1) is 10.5. The monoisotopic (exact) mass is 206 g/mol. The van der Waals surface area contributed by atoms with Gasteiger partial charge in [-0.3, -0.25) is 4.79 Å². The molecular formula is C13H18O2. The predicted molar refractivity (Wildman–Crippen MR) is 58.0 cm³/mol. The van der Waals surface area contributed by atoms with E-state index in [1.807, 2.05) is 0 Å². The highest BCUT2D eigenvalue weighted by molar-refractivity contribution is 5.65. The van der Waals surface area contributed by atoms with Crippen LogP contribution in [0.3, 0.4) is 0 Å². The summed E-state index contributed by atoms with van der Waals surface area (Å²) in [7, 11) is 0. The Bertz CT molecular complexity index is 323. The fourth-order valence-electron chi connectivity index (χ4n) is 2.92. The van der Waals surface area contributed by atoms with E-state index < -0.39 is 0 Å². The van der Waals surface area contributed by atoms with Gasteiger partial charge in [-0.05, 0) is 24.2 Å². The Hall–Kier alpha value is -0.970. The van der Waals surface area contributed by atoms with Crippen molar-refractivity contribution in [3.63, 3.8) is 0 Å². The number of fused-ring (bicyclic) bond motifs is 1. The Kier molecular flexibility index (Phi) is 2.73. The number of carbonyl (C=O) groups excluding carboxylic acids is 1. The van der Waals surface area contributed by atoms with Crippen LogP contribution in [0.25, 0.3) is 0 Å². The second-order valence-corrected chi connectivity index (χ2v) is 4.91. The van der Waals surface area contributed by atoms with Crippen LogP contribution in [0.2, 0.25) is 0 Å². The molecule has 1 fully saturated rings. The highest BCUT2D eigenvalue weighted by atomic mass is 16.5. The SMILES string of the molecule is CC(=O)OC[C@H]1[C@H]2CCC#CCC[C@]21C. The molecule has 2 rings (SSSR count). The third-order valence-electron chi connectivity index (χ3n) is 4.03. The van der Waals surface area contributed by atoms with Gasteiger partial charge in [0.25, 0.3) is 0 Å². The number of esters is 1. The first-order valence-corrected chi connectivity index (χ1v) is 5.73. The molecule has 1 saturated carbocycles. The lowest BCUT2D eigenvalue weighted by Crippen LogP contribution is -2.07. The third-order valence-corrected chi connectivity index (χ3v) is 4.03. The normalized spacial score (nSPS) is 37.7. The number of hydrogen-bond donors (Lipinski definition) is 0. The van der Waals surface area contributed by atoms with E-state index in [2.05, 4.69) is 18.8 Å². The van der Waals surface area contributed by atoms with Gasteiger partial charge < -0.3 is 4.74 Å². The molecule has 2 nitrogen and oxygen atoms in total. The summed E-state index contributed by atoms with van der Waals surface area (Å²) >= 11 is 0. The van der Waals surface area contributed by atoms with Crippen molar-refractivity contribution in [2.75, 3.05) is 6.61 Å². The Balaban J connectivity index is 1.92. The summed E-state index contributed by atoms with van der Waals surface area (Å²) in [5.74, 6) is 7.53. The van der Waals surface area contributed by atoms with E-state index in [1.165, 1.54) is 13.3 Å². The van der Waals surface area contributed by atoms with Crippen molar-refractivity contribution in [2.45, 2.75) is 39.5 Å². The molecule has 0 aliphatic heterocycles. The van der Waals surface area contributed by atoms with Crippen LogP contribution < -0.4 is 0 Å². The van der Waals surface area contributed by atoms with Gasteiger partial charge in [-0.2, -0.15) is 0 Å². The van der Waals surface area contributed by atoms with Crippen molar-refractivity contribution in [3.8, 4) is 11.8 Å². The van der Waals surface area contributed by atoms with Gasteiger partial charge in [0.1, 0.15) is 0 Å². The summed E-state index contributed by atoms with van der Waals surface area (Å²) in [5.41, 5.74) is 0.393. The van der Waals surface area contributed by atoms with Crippen LogP contribution in [-0.2, 0) is 9.53 Å². The minimum absolute atomic E-state index is 0.158. The molecule has 15 heavy (non-hydrogen) atoms. The standard InChI is InChI=1S/C13H18O2/c1-10(14)15-9-12-11-7-5-3-4-6-8-13(11,12)2/h11-12H,5-9H2,1-2H3/t11-,12+,13-/m1/s1. The van der Waals surface area contributed by atoms with Gasteiger partial charge in [-0.1, -0.05) is 6.92 Å². The fourth-order valence-corrected chi connectivity index (χ4v) is 2.92. The van der Waals surface area contributed by atoms with Gasteiger partial charge >= 0.3 is 5.97 Å². The van der Waals surface area contributed by atoms with Gasteiger partial charge in [0, 0.05) is 25.7 Å². The third kappa shape index (κ3) is 2.02. The Morgan fingerprint density at radius 3 is 2.93 bits per heavy atom. The molecule has 0 heterocycles. The van der Waals surface area contributed by atoms with Crippen LogP contribution in [-0.4, -0.2) is 12.6 Å². The number of rotatable bonds is 2. The van der Waals surface area contributed by atoms with Crippen molar-refractivity contribution in [2.24, 2.45) is 17.3 Å². The van der Waals surface area contributed by atoms with Crippen LogP contribution in [0.1, 0.15) is 39.5 Å². The zero-order valence-electron chi connectivity index (χ0n) is 9.51. The summed E-state index contributed by atoms with van der Waals surface area (Å²) in [5, 5.41) is 0. The second kappa shape index (κ2) is 3.89. The van der Waals surface area contributed by atoms with Crippen LogP contribution in [0.15, 0.2) is 0 Å². The van der Waals surface area contributed by atoms with Gasteiger partial charge in [0.2, 0.25) is 0 Å². The zero-order chi connectivity index (χ0) is 10.9. The molecule has 0 saturated heterocycles. The lowest BCUT2D eigenvalue weighted by atomic mass is 9.95. The topological polar surface area (TPSA) is 26.3 Å². The zero-order valence-corrected chi connectivity index (χ0v) is 9.51. The molecule has 0 N–H and O–H groups in total. The summed E-state index contributed by atoms with van der Waals surface area (Å²) < 4.78 is 5.12. The molecule has 0 radical (unpaired) electrons. The van der Waals surface area contributed by atoms with Crippen molar-refractivity contribution in [1.29, 1.82) is 0 Å². The Morgan fingerprint density at radius 1 is 1.47 bits per heavy atom. The maximum absolute atomic E-state index is 10.8. The molecule has 0 spiro atoms. The number of carbonyl (C=O) groups is 1. The average molecular weight is 206 g/mol. The van der Waals surface area contributed by atoms with Gasteiger partial charge in [0.05, 0.1) is 6.61 Å². The molecule has 0 amide bonds. The molecule has 0 aromatic rings.